The molecule has 0 aliphatic rings. The van der Waals surface area contributed by atoms with Crippen molar-refractivity contribution in [3.05, 3.63) is 0 Å². The maximum atomic E-state index is 10.2. The van der Waals surface area contributed by atoms with Crippen molar-refractivity contribution in [2.45, 2.75) is 13.8 Å². The molecule has 0 spiro atoms. The van der Waals surface area contributed by atoms with Crippen LogP contribution in [-0.2, 0) is 19.1 Å². The molecule has 0 aromatic heterocycles. The molecule has 0 aromatic carbocycles. The fraction of sp³-hybridized carbons (Fsp3) is 0.714. The first-order valence-electron chi connectivity index (χ1n) is 3.60. The van der Waals surface area contributed by atoms with Gasteiger partial charge in [-0.2, -0.15) is 0 Å². The summed E-state index contributed by atoms with van der Waals surface area (Å²) >= 11 is 0. The molecule has 70 valence electrons. The van der Waals surface area contributed by atoms with E-state index in [0.29, 0.717) is 6.54 Å². The second-order valence-electron chi connectivity index (χ2n) is 2.12. The minimum absolute atomic E-state index is 0.149. The van der Waals surface area contributed by atoms with Crippen molar-refractivity contribution < 1.29 is 19.1 Å². The van der Waals surface area contributed by atoms with E-state index >= 15 is 0 Å². The third-order valence-electron chi connectivity index (χ3n) is 0.962. The van der Waals surface area contributed by atoms with E-state index in [9.17, 15) is 9.59 Å². The van der Waals surface area contributed by atoms with Crippen molar-refractivity contribution in [2.75, 3.05) is 19.9 Å². The number of esters is 2. The van der Waals surface area contributed by atoms with Gasteiger partial charge in [-0.3, -0.25) is 14.9 Å². The highest BCUT2D eigenvalue weighted by molar-refractivity contribution is 5.66. The SMILES string of the molecule is CC(=O)OCCNCOC(C)=O. The van der Waals surface area contributed by atoms with Gasteiger partial charge in [-0.15, -0.1) is 0 Å². The minimum Gasteiger partial charge on any atom is -0.465 e. The van der Waals surface area contributed by atoms with Crippen LogP contribution in [0.3, 0.4) is 0 Å². The van der Waals surface area contributed by atoms with E-state index in [2.05, 4.69) is 14.8 Å². The molecule has 1 N–H and O–H groups in total. The van der Waals surface area contributed by atoms with Crippen LogP contribution in [0.1, 0.15) is 13.8 Å². The largest absolute Gasteiger partial charge is 0.465 e. The van der Waals surface area contributed by atoms with Gasteiger partial charge in [-0.25, -0.2) is 0 Å². The molecule has 0 fully saturated rings. The summed E-state index contributed by atoms with van der Waals surface area (Å²) in [6.07, 6.45) is 0. The summed E-state index contributed by atoms with van der Waals surface area (Å²) in [4.78, 5) is 20.5. The maximum Gasteiger partial charge on any atom is 0.303 e. The molecule has 0 amide bonds. The molecule has 0 rings (SSSR count). The topological polar surface area (TPSA) is 64.6 Å². The van der Waals surface area contributed by atoms with Gasteiger partial charge in [0.05, 0.1) is 0 Å². The predicted octanol–water partition coefficient (Wildman–Crippen LogP) is -0.340. The van der Waals surface area contributed by atoms with Crippen LogP contribution < -0.4 is 5.32 Å². The van der Waals surface area contributed by atoms with E-state index in [1.807, 2.05) is 0 Å². The summed E-state index contributed by atoms with van der Waals surface area (Å²) < 4.78 is 9.17. The van der Waals surface area contributed by atoms with Crippen LogP contribution in [0.2, 0.25) is 0 Å². The van der Waals surface area contributed by atoms with Crippen LogP contribution in [0.4, 0.5) is 0 Å². The van der Waals surface area contributed by atoms with E-state index in [1.165, 1.54) is 13.8 Å². The lowest BCUT2D eigenvalue weighted by molar-refractivity contribution is -0.143. The Labute approximate surface area is 71.0 Å². The van der Waals surface area contributed by atoms with Crippen molar-refractivity contribution >= 4 is 11.9 Å². The van der Waals surface area contributed by atoms with Gasteiger partial charge < -0.3 is 9.47 Å². The molecule has 0 saturated carbocycles. The lowest BCUT2D eigenvalue weighted by Gasteiger charge is -2.04. The van der Waals surface area contributed by atoms with Gasteiger partial charge in [0.25, 0.3) is 0 Å². The first kappa shape index (κ1) is 10.9. The Bertz CT molecular complexity index is 139. The van der Waals surface area contributed by atoms with E-state index in [-0.39, 0.29) is 25.3 Å². The lowest BCUT2D eigenvalue weighted by Crippen LogP contribution is -2.24. The van der Waals surface area contributed by atoms with E-state index in [4.69, 9.17) is 0 Å². The number of carbonyl (C=O) groups excluding carboxylic acids is 2. The second kappa shape index (κ2) is 6.60. The van der Waals surface area contributed by atoms with Gasteiger partial charge in [0.2, 0.25) is 0 Å². The van der Waals surface area contributed by atoms with Gasteiger partial charge >= 0.3 is 11.9 Å². The fourth-order valence-electron chi connectivity index (χ4n) is 0.492. The van der Waals surface area contributed by atoms with Crippen LogP contribution in [0, 0.1) is 0 Å². The summed E-state index contributed by atoms with van der Waals surface area (Å²) in [5.74, 6) is -0.653. The zero-order chi connectivity index (χ0) is 9.40. The number of rotatable bonds is 5. The smallest absolute Gasteiger partial charge is 0.303 e. The average molecular weight is 175 g/mol. The molecule has 0 radical (unpaired) electrons. The van der Waals surface area contributed by atoms with Gasteiger partial charge in [0.1, 0.15) is 13.3 Å². The summed E-state index contributed by atoms with van der Waals surface area (Å²) in [5, 5.41) is 2.75. The van der Waals surface area contributed by atoms with Crippen LogP contribution in [-0.4, -0.2) is 31.8 Å². The average Bonchev–Trinajstić information content (AvgIpc) is 1.95. The molecule has 0 bridgehead atoms. The minimum atomic E-state index is -0.338. The zero-order valence-corrected chi connectivity index (χ0v) is 7.25. The maximum absolute atomic E-state index is 10.2. The molecular formula is C7H13NO4. The van der Waals surface area contributed by atoms with Crippen molar-refractivity contribution in [3.8, 4) is 0 Å². The second-order valence-corrected chi connectivity index (χ2v) is 2.12. The molecule has 0 heterocycles. The van der Waals surface area contributed by atoms with Crippen molar-refractivity contribution in [2.24, 2.45) is 0 Å². The molecule has 12 heavy (non-hydrogen) atoms. The van der Waals surface area contributed by atoms with Crippen LogP contribution >= 0.6 is 0 Å². The molecule has 5 nitrogen and oxygen atoms in total. The highest BCUT2D eigenvalue weighted by Gasteiger charge is 1.93. The lowest BCUT2D eigenvalue weighted by atomic mass is 10.7. The molecule has 0 unspecified atom stereocenters. The molecule has 0 aromatic rings. The Morgan fingerprint density at radius 3 is 2.25 bits per heavy atom. The Morgan fingerprint density at radius 1 is 1.17 bits per heavy atom. The molecular weight excluding hydrogens is 162 g/mol. The zero-order valence-electron chi connectivity index (χ0n) is 7.25. The van der Waals surface area contributed by atoms with Crippen molar-refractivity contribution in [1.29, 1.82) is 0 Å². The Balaban J connectivity index is 3.01. The van der Waals surface area contributed by atoms with Gasteiger partial charge in [0.15, 0.2) is 0 Å². The monoisotopic (exact) mass is 175 g/mol. The van der Waals surface area contributed by atoms with Gasteiger partial charge in [-0.05, 0) is 0 Å². The number of nitrogens with one attached hydrogen (secondary N) is 1. The van der Waals surface area contributed by atoms with E-state index in [1.54, 1.807) is 0 Å². The molecule has 0 atom stereocenters. The summed E-state index contributed by atoms with van der Waals surface area (Å²) in [5.41, 5.74) is 0. The highest BCUT2D eigenvalue weighted by Crippen LogP contribution is 1.75. The van der Waals surface area contributed by atoms with Crippen LogP contribution in [0.25, 0.3) is 0 Å². The summed E-state index contributed by atoms with van der Waals surface area (Å²) in [7, 11) is 0. The van der Waals surface area contributed by atoms with Crippen molar-refractivity contribution in [3.63, 3.8) is 0 Å². The quantitative estimate of drug-likeness (QED) is 0.352. The van der Waals surface area contributed by atoms with Crippen LogP contribution in [0.15, 0.2) is 0 Å². The molecule has 0 saturated heterocycles. The molecule has 0 aliphatic heterocycles. The highest BCUT2D eigenvalue weighted by atomic mass is 16.5. The first-order chi connectivity index (χ1) is 5.63. The van der Waals surface area contributed by atoms with E-state index < -0.39 is 0 Å². The Kier molecular flexibility index (Phi) is 6.00. The summed E-state index contributed by atoms with van der Waals surface area (Å²) in [6.45, 7) is 3.58. The third-order valence-corrected chi connectivity index (χ3v) is 0.962. The molecule has 0 aliphatic carbocycles. The van der Waals surface area contributed by atoms with Crippen molar-refractivity contribution in [1.82, 2.24) is 5.32 Å². The first-order valence-corrected chi connectivity index (χ1v) is 3.60. The normalized spacial score (nSPS) is 9.17. The number of hydrogen-bond donors (Lipinski definition) is 1. The fourth-order valence-corrected chi connectivity index (χ4v) is 0.492. The molecule has 5 heteroatoms. The van der Waals surface area contributed by atoms with E-state index in [0.717, 1.165) is 0 Å². The predicted molar refractivity (Wildman–Crippen MR) is 41.3 cm³/mol. The number of carbonyl (C=O) groups is 2. The van der Waals surface area contributed by atoms with Gasteiger partial charge in [-0.1, -0.05) is 0 Å². The van der Waals surface area contributed by atoms with Crippen LogP contribution in [0.5, 0.6) is 0 Å². The Morgan fingerprint density at radius 2 is 1.75 bits per heavy atom. The standard InChI is InChI=1S/C7H13NO4/c1-6(9)11-4-3-8-5-12-7(2)10/h8H,3-5H2,1-2H3. The summed E-state index contributed by atoms with van der Waals surface area (Å²) in [6, 6.07) is 0. The Hall–Kier alpha value is -1.10. The third kappa shape index (κ3) is 8.90. The number of ether oxygens (including phenoxy) is 2. The number of hydrogen-bond acceptors (Lipinski definition) is 5. The van der Waals surface area contributed by atoms with Gasteiger partial charge in [0, 0.05) is 20.4 Å².